The maximum atomic E-state index is 12.4. The molecule has 3 aromatic rings. The molecule has 4 rings (SSSR count). The number of hydrazone groups is 1. The van der Waals surface area contributed by atoms with Crippen LogP contribution in [0.3, 0.4) is 0 Å². The number of thiazole rings is 1. The zero-order valence-corrected chi connectivity index (χ0v) is 16.6. The first-order valence-corrected chi connectivity index (χ1v) is 10.3. The lowest BCUT2D eigenvalue weighted by Crippen LogP contribution is -2.24. The number of aromatic nitrogens is 1. The van der Waals surface area contributed by atoms with Gasteiger partial charge in [-0.05, 0) is 29.8 Å². The van der Waals surface area contributed by atoms with Crippen molar-refractivity contribution in [3.63, 3.8) is 0 Å². The summed E-state index contributed by atoms with van der Waals surface area (Å²) in [4.78, 5) is 28.9. The maximum Gasteiger partial charge on any atom is 0.243 e. The van der Waals surface area contributed by atoms with Gasteiger partial charge in [-0.1, -0.05) is 30.3 Å². The van der Waals surface area contributed by atoms with Crippen LogP contribution in [0.15, 0.2) is 71.3 Å². The molecule has 0 unspecified atom stereocenters. The summed E-state index contributed by atoms with van der Waals surface area (Å²) in [6.45, 7) is 0.558. The van der Waals surface area contributed by atoms with Crippen LogP contribution in [0.5, 0.6) is 0 Å². The van der Waals surface area contributed by atoms with Gasteiger partial charge >= 0.3 is 0 Å². The van der Waals surface area contributed by atoms with E-state index < -0.39 is 0 Å². The van der Waals surface area contributed by atoms with Gasteiger partial charge in [-0.25, -0.2) is 9.99 Å². The molecular weight excluding hydrogens is 384 g/mol. The Morgan fingerprint density at radius 2 is 1.79 bits per heavy atom. The summed E-state index contributed by atoms with van der Waals surface area (Å²) in [6, 6.07) is 17.4. The molecule has 2 heterocycles. The van der Waals surface area contributed by atoms with Crippen LogP contribution in [-0.4, -0.2) is 34.1 Å². The van der Waals surface area contributed by atoms with E-state index in [4.69, 9.17) is 0 Å². The summed E-state index contributed by atoms with van der Waals surface area (Å²) in [5, 5.41) is 11.6. The monoisotopic (exact) mass is 404 g/mol. The van der Waals surface area contributed by atoms with Gasteiger partial charge in [0.2, 0.25) is 11.8 Å². The molecule has 2 aromatic carbocycles. The van der Waals surface area contributed by atoms with Crippen LogP contribution in [0.4, 0.5) is 5.69 Å². The largest absolute Gasteiger partial charge is 0.326 e. The van der Waals surface area contributed by atoms with Crippen molar-refractivity contribution in [2.24, 2.45) is 5.10 Å². The fourth-order valence-electron chi connectivity index (χ4n) is 3.11. The third kappa shape index (κ3) is 4.75. The summed E-state index contributed by atoms with van der Waals surface area (Å²) in [7, 11) is 0. The Hall–Kier alpha value is -3.32. The zero-order valence-electron chi connectivity index (χ0n) is 15.7. The predicted molar refractivity (Wildman–Crippen MR) is 115 cm³/mol. The lowest BCUT2D eigenvalue weighted by molar-refractivity contribution is -0.132. The van der Waals surface area contributed by atoms with Gasteiger partial charge < -0.3 is 5.32 Å². The molecule has 0 aliphatic carbocycles. The van der Waals surface area contributed by atoms with Crippen LogP contribution in [0.2, 0.25) is 0 Å². The number of rotatable bonds is 6. The maximum absolute atomic E-state index is 12.4. The molecule has 1 aliphatic heterocycles. The molecule has 0 atom stereocenters. The highest BCUT2D eigenvalue weighted by molar-refractivity contribution is 7.13. The van der Waals surface area contributed by atoms with Crippen molar-refractivity contribution in [2.75, 3.05) is 11.9 Å². The van der Waals surface area contributed by atoms with Crippen LogP contribution in [0, 0.1) is 0 Å². The summed E-state index contributed by atoms with van der Waals surface area (Å²) in [5.41, 5.74) is 3.65. The quantitative estimate of drug-likeness (QED) is 0.670. The lowest BCUT2D eigenvalue weighted by Gasteiger charge is -2.11. The van der Waals surface area contributed by atoms with E-state index in [9.17, 15) is 9.59 Å². The Labute approximate surface area is 172 Å². The van der Waals surface area contributed by atoms with Crippen LogP contribution >= 0.6 is 11.3 Å². The van der Waals surface area contributed by atoms with E-state index in [2.05, 4.69) is 15.4 Å². The van der Waals surface area contributed by atoms with Crippen LogP contribution in [0.1, 0.15) is 24.8 Å². The Balaban J connectivity index is 1.27. The summed E-state index contributed by atoms with van der Waals surface area (Å²) in [5.74, 6) is -0.322. The van der Waals surface area contributed by atoms with Gasteiger partial charge in [0.15, 0.2) is 0 Å². The summed E-state index contributed by atoms with van der Waals surface area (Å²) >= 11 is 1.57. The molecule has 1 aromatic heterocycles. The summed E-state index contributed by atoms with van der Waals surface area (Å²) < 4.78 is 0. The smallest absolute Gasteiger partial charge is 0.243 e. The SMILES string of the molecule is O=C(CCC(=O)N1CCC(c2ccccc2)=N1)Nc1ccc(-c2nccs2)cc1. The molecule has 1 N–H and O–H groups in total. The van der Waals surface area contributed by atoms with Gasteiger partial charge in [-0.15, -0.1) is 11.3 Å². The Morgan fingerprint density at radius 1 is 1.00 bits per heavy atom. The fraction of sp³-hybridized carbons (Fsp3) is 0.182. The van der Waals surface area contributed by atoms with E-state index in [0.717, 1.165) is 28.3 Å². The minimum absolute atomic E-state index is 0.125. The molecule has 146 valence electrons. The molecular formula is C22H20N4O2S. The van der Waals surface area contributed by atoms with Crippen LogP contribution in [0.25, 0.3) is 10.6 Å². The van der Waals surface area contributed by atoms with Gasteiger partial charge in [-0.2, -0.15) is 5.10 Å². The molecule has 1 aliphatic rings. The number of anilines is 1. The highest BCUT2D eigenvalue weighted by atomic mass is 32.1. The first kappa shape index (κ1) is 19.0. The second-order valence-corrected chi connectivity index (χ2v) is 7.54. The molecule has 0 fully saturated rings. The number of amides is 2. The van der Waals surface area contributed by atoms with Gasteiger partial charge in [0, 0.05) is 42.1 Å². The fourth-order valence-corrected chi connectivity index (χ4v) is 3.75. The number of benzene rings is 2. The Morgan fingerprint density at radius 3 is 2.52 bits per heavy atom. The van der Waals surface area contributed by atoms with Crippen molar-refractivity contribution >= 4 is 34.6 Å². The summed E-state index contributed by atoms with van der Waals surface area (Å²) in [6.07, 6.45) is 2.75. The topological polar surface area (TPSA) is 74.7 Å². The Kier molecular flexibility index (Phi) is 5.76. The average molecular weight is 404 g/mol. The molecule has 6 nitrogen and oxygen atoms in total. The number of nitrogens with one attached hydrogen (secondary N) is 1. The lowest BCUT2D eigenvalue weighted by atomic mass is 10.1. The van der Waals surface area contributed by atoms with Crippen LogP contribution in [-0.2, 0) is 9.59 Å². The Bertz CT molecular complexity index is 1010. The average Bonchev–Trinajstić information content (AvgIpc) is 3.46. The van der Waals surface area contributed by atoms with E-state index in [1.54, 1.807) is 17.5 Å². The number of hydrogen-bond acceptors (Lipinski definition) is 5. The molecule has 0 spiro atoms. The molecule has 7 heteroatoms. The minimum atomic E-state index is -0.188. The second kappa shape index (κ2) is 8.79. The minimum Gasteiger partial charge on any atom is -0.326 e. The molecule has 0 saturated heterocycles. The number of hydrogen-bond donors (Lipinski definition) is 1. The highest BCUT2D eigenvalue weighted by Crippen LogP contribution is 2.23. The first-order chi connectivity index (χ1) is 14.2. The normalized spacial score (nSPS) is 13.2. The standard InChI is InChI=1S/C22H20N4O2S/c27-20(24-18-8-6-17(7-9-18)22-23-13-15-29-22)10-11-21(28)26-14-12-19(25-26)16-4-2-1-3-5-16/h1-9,13,15H,10-12,14H2,(H,24,27). The number of carbonyl (C=O) groups excluding carboxylic acids is 2. The number of nitrogens with zero attached hydrogens (tertiary/aromatic N) is 3. The van der Waals surface area contributed by atoms with Crippen molar-refractivity contribution in [2.45, 2.75) is 19.3 Å². The van der Waals surface area contributed by atoms with Gasteiger partial charge in [-0.3, -0.25) is 9.59 Å². The van der Waals surface area contributed by atoms with Crippen molar-refractivity contribution in [1.82, 2.24) is 9.99 Å². The van der Waals surface area contributed by atoms with E-state index in [0.29, 0.717) is 12.2 Å². The molecule has 0 saturated carbocycles. The second-order valence-electron chi connectivity index (χ2n) is 6.64. The third-order valence-corrected chi connectivity index (χ3v) is 5.43. The van der Waals surface area contributed by atoms with E-state index >= 15 is 0 Å². The molecule has 0 bridgehead atoms. The van der Waals surface area contributed by atoms with Gasteiger partial charge in [0.05, 0.1) is 12.3 Å². The van der Waals surface area contributed by atoms with Crippen molar-refractivity contribution in [3.05, 3.63) is 71.7 Å². The van der Waals surface area contributed by atoms with Crippen molar-refractivity contribution in [3.8, 4) is 10.6 Å². The van der Waals surface area contributed by atoms with E-state index in [-0.39, 0.29) is 24.7 Å². The van der Waals surface area contributed by atoms with Crippen molar-refractivity contribution in [1.29, 1.82) is 0 Å². The van der Waals surface area contributed by atoms with Gasteiger partial charge in [0.25, 0.3) is 0 Å². The highest BCUT2D eigenvalue weighted by Gasteiger charge is 2.21. The first-order valence-electron chi connectivity index (χ1n) is 9.42. The van der Waals surface area contributed by atoms with Crippen LogP contribution < -0.4 is 5.32 Å². The molecule has 29 heavy (non-hydrogen) atoms. The predicted octanol–water partition coefficient (Wildman–Crippen LogP) is 4.17. The van der Waals surface area contributed by atoms with Gasteiger partial charge in [0.1, 0.15) is 5.01 Å². The molecule has 2 amide bonds. The van der Waals surface area contributed by atoms with E-state index in [1.165, 1.54) is 5.01 Å². The van der Waals surface area contributed by atoms with E-state index in [1.807, 2.05) is 60.0 Å². The third-order valence-electron chi connectivity index (χ3n) is 4.61. The number of carbonyl (C=O) groups is 2. The molecule has 0 radical (unpaired) electrons. The zero-order chi connectivity index (χ0) is 20.1. The van der Waals surface area contributed by atoms with Crippen molar-refractivity contribution < 1.29 is 9.59 Å².